The summed E-state index contributed by atoms with van der Waals surface area (Å²) in [4.78, 5) is 26.3. The van der Waals surface area contributed by atoms with E-state index in [0.717, 1.165) is 4.90 Å². The lowest BCUT2D eigenvalue weighted by molar-refractivity contribution is -0.143. The predicted octanol–water partition coefficient (Wildman–Crippen LogP) is 2.60. The maximum Gasteiger partial charge on any atom is 0.325 e. The normalized spacial score (nSPS) is 9.90. The molecule has 0 bridgehead atoms. The van der Waals surface area contributed by atoms with E-state index in [2.05, 4.69) is 6.58 Å². The molecule has 1 aromatic rings. The third-order valence-electron chi connectivity index (χ3n) is 2.60. The second-order valence-corrected chi connectivity index (χ2v) is 4.89. The molecule has 0 aliphatic carbocycles. The summed E-state index contributed by atoms with van der Waals surface area (Å²) in [5, 5.41) is 0. The Bertz CT molecular complexity index is 471. The molecule has 20 heavy (non-hydrogen) atoms. The van der Waals surface area contributed by atoms with Gasteiger partial charge in [0, 0.05) is 17.0 Å². The molecule has 0 atom stereocenters. The smallest absolute Gasteiger partial charge is 0.325 e. The average Bonchev–Trinajstić information content (AvgIpc) is 2.46. The van der Waals surface area contributed by atoms with Gasteiger partial charge < -0.3 is 9.64 Å². The number of carbonyl (C=O) groups excluding carboxylic acids is 2. The molecule has 0 spiro atoms. The van der Waals surface area contributed by atoms with Gasteiger partial charge in [0.2, 0.25) is 0 Å². The van der Waals surface area contributed by atoms with Crippen LogP contribution in [0.4, 0.5) is 0 Å². The number of esters is 1. The van der Waals surface area contributed by atoms with Crippen molar-refractivity contribution < 1.29 is 14.3 Å². The van der Waals surface area contributed by atoms with Gasteiger partial charge >= 0.3 is 5.97 Å². The Balaban J connectivity index is 2.81. The number of rotatable bonds is 7. The second-order valence-electron chi connectivity index (χ2n) is 4.01. The van der Waals surface area contributed by atoms with Gasteiger partial charge in [-0.3, -0.25) is 9.59 Å². The summed E-state index contributed by atoms with van der Waals surface area (Å²) in [6.07, 6.45) is 3.56. The van der Waals surface area contributed by atoms with Gasteiger partial charge in [-0.25, -0.2) is 0 Å². The summed E-state index contributed by atoms with van der Waals surface area (Å²) in [6.45, 7) is 5.89. The maximum atomic E-state index is 12.3. The van der Waals surface area contributed by atoms with Crippen LogP contribution in [0.5, 0.6) is 0 Å². The summed E-state index contributed by atoms with van der Waals surface area (Å²) in [5.74, 6) is -0.617. The topological polar surface area (TPSA) is 46.6 Å². The number of hydrogen-bond donors (Lipinski definition) is 0. The molecule has 0 unspecified atom stereocenters. The molecule has 0 aliphatic heterocycles. The fraction of sp³-hybridized carbons (Fsp3) is 0.333. The van der Waals surface area contributed by atoms with Crippen molar-refractivity contribution in [1.82, 2.24) is 4.90 Å². The van der Waals surface area contributed by atoms with E-state index in [1.54, 1.807) is 36.9 Å². The van der Waals surface area contributed by atoms with Crippen molar-refractivity contribution in [3.63, 3.8) is 0 Å². The van der Waals surface area contributed by atoms with Crippen molar-refractivity contribution in [2.24, 2.45) is 0 Å². The number of carbonyl (C=O) groups is 2. The van der Waals surface area contributed by atoms with Crippen LogP contribution in [0.25, 0.3) is 0 Å². The van der Waals surface area contributed by atoms with Gasteiger partial charge in [0.05, 0.1) is 6.61 Å². The van der Waals surface area contributed by atoms with Gasteiger partial charge in [-0.15, -0.1) is 18.3 Å². The molecule has 0 saturated heterocycles. The minimum Gasteiger partial charge on any atom is -0.465 e. The zero-order valence-electron chi connectivity index (χ0n) is 11.8. The van der Waals surface area contributed by atoms with Gasteiger partial charge in [-0.1, -0.05) is 6.08 Å². The maximum absolute atomic E-state index is 12.3. The summed E-state index contributed by atoms with van der Waals surface area (Å²) >= 11 is 1.61. The van der Waals surface area contributed by atoms with Crippen LogP contribution in [0, 0.1) is 0 Å². The lowest BCUT2D eigenvalue weighted by Gasteiger charge is -2.20. The van der Waals surface area contributed by atoms with Crippen LogP contribution in [0.15, 0.2) is 41.8 Å². The Morgan fingerprint density at radius 1 is 1.35 bits per heavy atom. The summed E-state index contributed by atoms with van der Waals surface area (Å²) in [5.41, 5.74) is 0.550. The molecular formula is C15H19NO3S. The predicted molar refractivity (Wildman–Crippen MR) is 81.0 cm³/mol. The van der Waals surface area contributed by atoms with E-state index in [1.807, 2.05) is 18.4 Å². The molecule has 0 heterocycles. The Hall–Kier alpha value is -1.75. The zero-order chi connectivity index (χ0) is 15.0. The van der Waals surface area contributed by atoms with E-state index in [1.165, 1.54) is 4.90 Å². The quantitative estimate of drug-likeness (QED) is 0.440. The molecular weight excluding hydrogens is 274 g/mol. The fourth-order valence-corrected chi connectivity index (χ4v) is 2.06. The number of thioether (sulfide) groups is 1. The first-order valence-electron chi connectivity index (χ1n) is 6.32. The largest absolute Gasteiger partial charge is 0.465 e. The van der Waals surface area contributed by atoms with Gasteiger partial charge in [0.15, 0.2) is 0 Å². The Labute approximate surface area is 123 Å². The molecule has 1 amide bonds. The molecule has 0 radical (unpaired) electrons. The molecule has 0 saturated carbocycles. The van der Waals surface area contributed by atoms with Crippen molar-refractivity contribution in [2.75, 3.05) is 26.0 Å². The van der Waals surface area contributed by atoms with Crippen LogP contribution >= 0.6 is 11.8 Å². The zero-order valence-corrected chi connectivity index (χ0v) is 12.6. The lowest BCUT2D eigenvalue weighted by atomic mass is 10.2. The SMILES string of the molecule is C=CCN(CC(=O)OCC)C(=O)c1ccc(SC)cc1. The van der Waals surface area contributed by atoms with E-state index in [4.69, 9.17) is 4.74 Å². The van der Waals surface area contributed by atoms with E-state index >= 15 is 0 Å². The van der Waals surface area contributed by atoms with Gasteiger partial charge in [-0.2, -0.15) is 0 Å². The highest BCUT2D eigenvalue weighted by Crippen LogP contribution is 2.16. The van der Waals surface area contributed by atoms with E-state index in [9.17, 15) is 9.59 Å². The first kappa shape index (κ1) is 16.3. The molecule has 5 heteroatoms. The monoisotopic (exact) mass is 293 g/mol. The minimum absolute atomic E-state index is 0.0665. The Morgan fingerprint density at radius 3 is 2.50 bits per heavy atom. The van der Waals surface area contributed by atoms with Crippen molar-refractivity contribution in [3.8, 4) is 0 Å². The highest BCUT2D eigenvalue weighted by molar-refractivity contribution is 7.98. The molecule has 108 valence electrons. The Kier molecular flexibility index (Phi) is 6.87. The number of ether oxygens (including phenoxy) is 1. The standard InChI is InChI=1S/C15H19NO3S/c1-4-10-16(11-14(17)19-5-2)15(18)12-6-8-13(20-3)9-7-12/h4,6-9H,1,5,10-11H2,2-3H3. The van der Waals surface area contributed by atoms with Crippen LogP contribution in [-0.2, 0) is 9.53 Å². The summed E-state index contributed by atoms with van der Waals surface area (Å²) in [7, 11) is 0. The first-order valence-corrected chi connectivity index (χ1v) is 7.54. The fourth-order valence-electron chi connectivity index (χ4n) is 1.65. The number of amides is 1. The Morgan fingerprint density at radius 2 is 2.00 bits per heavy atom. The van der Waals surface area contributed by atoms with Gasteiger partial charge in [0.25, 0.3) is 5.91 Å². The van der Waals surface area contributed by atoms with Crippen molar-refractivity contribution >= 4 is 23.6 Å². The molecule has 0 aromatic heterocycles. The van der Waals surface area contributed by atoms with Crippen LogP contribution in [0.3, 0.4) is 0 Å². The van der Waals surface area contributed by atoms with E-state index < -0.39 is 5.97 Å². The molecule has 1 rings (SSSR count). The molecule has 0 fully saturated rings. The van der Waals surface area contributed by atoms with Crippen LogP contribution in [0.2, 0.25) is 0 Å². The minimum atomic E-state index is -0.413. The highest BCUT2D eigenvalue weighted by Gasteiger charge is 2.18. The second kappa shape index (κ2) is 8.43. The third kappa shape index (κ3) is 4.74. The average molecular weight is 293 g/mol. The summed E-state index contributed by atoms with van der Waals surface area (Å²) in [6, 6.07) is 7.29. The molecule has 1 aromatic carbocycles. The van der Waals surface area contributed by atoms with Crippen LogP contribution in [-0.4, -0.2) is 42.7 Å². The van der Waals surface area contributed by atoms with Crippen molar-refractivity contribution in [1.29, 1.82) is 0 Å². The summed E-state index contributed by atoms with van der Waals surface area (Å²) < 4.78 is 4.87. The van der Waals surface area contributed by atoms with E-state index in [-0.39, 0.29) is 12.5 Å². The first-order chi connectivity index (χ1) is 9.62. The van der Waals surface area contributed by atoms with Crippen molar-refractivity contribution in [2.45, 2.75) is 11.8 Å². The molecule has 0 N–H and O–H groups in total. The number of hydrogen-bond acceptors (Lipinski definition) is 4. The van der Waals surface area contributed by atoms with Gasteiger partial charge in [-0.05, 0) is 37.4 Å². The molecule has 0 aliphatic rings. The highest BCUT2D eigenvalue weighted by atomic mass is 32.2. The van der Waals surface area contributed by atoms with Crippen molar-refractivity contribution in [3.05, 3.63) is 42.5 Å². The van der Waals surface area contributed by atoms with Crippen LogP contribution in [0.1, 0.15) is 17.3 Å². The number of nitrogens with zero attached hydrogens (tertiary/aromatic N) is 1. The molecule has 4 nitrogen and oxygen atoms in total. The van der Waals surface area contributed by atoms with E-state index in [0.29, 0.717) is 18.7 Å². The van der Waals surface area contributed by atoms with Gasteiger partial charge in [0.1, 0.15) is 6.54 Å². The van der Waals surface area contributed by atoms with Crippen LogP contribution < -0.4 is 0 Å². The third-order valence-corrected chi connectivity index (χ3v) is 3.34. The number of benzene rings is 1. The lowest BCUT2D eigenvalue weighted by Crippen LogP contribution is -2.36.